The van der Waals surface area contributed by atoms with Crippen LogP contribution in [0.25, 0.3) is 4.85 Å². The van der Waals surface area contributed by atoms with Crippen molar-refractivity contribution in [3.8, 4) is 17.6 Å². The van der Waals surface area contributed by atoms with E-state index >= 15 is 0 Å². The molecule has 0 radical (unpaired) electrons. The van der Waals surface area contributed by atoms with Crippen LogP contribution in [0.2, 0.25) is 0 Å². The number of hydrogen-bond donors (Lipinski definition) is 0. The van der Waals surface area contributed by atoms with Crippen molar-refractivity contribution in [2.24, 2.45) is 0 Å². The van der Waals surface area contributed by atoms with E-state index in [1.54, 1.807) is 18.2 Å². The van der Waals surface area contributed by atoms with Crippen LogP contribution in [-0.2, 0) is 6.42 Å². The molecule has 0 aliphatic carbocycles. The molecule has 2 aromatic rings. The predicted octanol–water partition coefficient (Wildman–Crippen LogP) is 9.54. The van der Waals surface area contributed by atoms with Gasteiger partial charge < -0.3 is 4.74 Å². The normalized spacial score (nSPS) is 10.5. The maximum atomic E-state index is 9.18. The molecule has 170 valence electrons. The van der Waals surface area contributed by atoms with E-state index in [0.717, 1.165) is 12.2 Å². The lowest BCUT2D eigenvalue weighted by atomic mass is 10.0. The largest absolute Gasteiger partial charge is 0.457 e. The van der Waals surface area contributed by atoms with Crippen molar-refractivity contribution < 1.29 is 4.74 Å². The van der Waals surface area contributed by atoms with Crippen molar-refractivity contribution >= 4 is 5.69 Å². The summed E-state index contributed by atoms with van der Waals surface area (Å²) in [5.41, 5.74) is 1.99. The molecule has 0 aromatic heterocycles. The summed E-state index contributed by atoms with van der Waals surface area (Å²) in [5.74, 6) is 1.36. The van der Waals surface area contributed by atoms with E-state index in [1.807, 2.05) is 12.1 Å². The molecule has 3 nitrogen and oxygen atoms in total. The van der Waals surface area contributed by atoms with Crippen LogP contribution in [0.5, 0.6) is 11.5 Å². The Hall–Kier alpha value is -2.78. The van der Waals surface area contributed by atoms with Crippen molar-refractivity contribution in [3.05, 3.63) is 65.0 Å². The summed E-state index contributed by atoms with van der Waals surface area (Å²) in [6.45, 7) is 9.39. The molecule has 0 N–H and O–H groups in total. The molecule has 0 fully saturated rings. The zero-order valence-electron chi connectivity index (χ0n) is 19.7. The van der Waals surface area contributed by atoms with Gasteiger partial charge in [0.15, 0.2) is 0 Å². The van der Waals surface area contributed by atoms with Gasteiger partial charge in [-0.15, -0.1) is 0 Å². The molecule has 2 aromatic carbocycles. The molecular weight excluding hydrogens is 392 g/mol. The summed E-state index contributed by atoms with van der Waals surface area (Å²) in [5, 5.41) is 9.18. The number of nitriles is 1. The van der Waals surface area contributed by atoms with Crippen molar-refractivity contribution in [2.75, 3.05) is 0 Å². The lowest BCUT2D eigenvalue weighted by Gasteiger charge is -2.09. The number of hydrogen-bond acceptors (Lipinski definition) is 2. The molecule has 0 atom stereocenters. The standard InChI is InChI=1S/C29H38N2O/c1-3-4-5-6-7-8-9-10-11-12-13-14-15-17-25-18-16-19-27(22-25)32-28-20-21-29(31-2)26(23-28)24-30/h16,18-23H,3-15,17H2,1H3. The first-order valence-corrected chi connectivity index (χ1v) is 12.4. The second-order valence-corrected chi connectivity index (χ2v) is 8.64. The van der Waals surface area contributed by atoms with Crippen LogP contribution in [0.4, 0.5) is 5.69 Å². The van der Waals surface area contributed by atoms with Gasteiger partial charge in [0.1, 0.15) is 11.5 Å². The van der Waals surface area contributed by atoms with Gasteiger partial charge in [0.05, 0.1) is 18.2 Å². The Labute approximate surface area is 195 Å². The molecule has 0 spiro atoms. The van der Waals surface area contributed by atoms with Crippen molar-refractivity contribution in [1.82, 2.24) is 0 Å². The van der Waals surface area contributed by atoms with Gasteiger partial charge >= 0.3 is 0 Å². The van der Waals surface area contributed by atoms with Crippen LogP contribution in [0.15, 0.2) is 42.5 Å². The minimum Gasteiger partial charge on any atom is -0.457 e. The first-order valence-electron chi connectivity index (χ1n) is 12.4. The van der Waals surface area contributed by atoms with Crippen molar-refractivity contribution in [2.45, 2.75) is 96.8 Å². The molecule has 0 saturated carbocycles. The highest BCUT2D eigenvalue weighted by Crippen LogP contribution is 2.28. The molecule has 0 unspecified atom stereocenters. The molecule has 0 heterocycles. The van der Waals surface area contributed by atoms with Crippen LogP contribution in [-0.4, -0.2) is 0 Å². The SMILES string of the molecule is [C-]#[N+]c1ccc(Oc2cccc(CCCCCCCCCCCCCCC)c2)cc1C#N. The summed E-state index contributed by atoms with van der Waals surface area (Å²) in [6, 6.07) is 15.3. The second kappa shape index (κ2) is 15.9. The Morgan fingerprint density at radius 2 is 1.38 bits per heavy atom. The summed E-state index contributed by atoms with van der Waals surface area (Å²) >= 11 is 0. The van der Waals surface area contributed by atoms with E-state index in [1.165, 1.54) is 89.0 Å². The summed E-state index contributed by atoms with van der Waals surface area (Å²) < 4.78 is 5.93. The van der Waals surface area contributed by atoms with Crippen molar-refractivity contribution in [3.63, 3.8) is 0 Å². The number of benzene rings is 2. The third kappa shape index (κ3) is 10.0. The Morgan fingerprint density at radius 1 is 0.781 bits per heavy atom. The summed E-state index contributed by atoms with van der Waals surface area (Å²) in [4.78, 5) is 3.36. The molecule has 2 rings (SSSR count). The van der Waals surface area contributed by atoms with E-state index in [4.69, 9.17) is 11.3 Å². The Balaban J connectivity index is 1.60. The molecular formula is C29H38N2O. The minimum atomic E-state index is 0.348. The summed E-state index contributed by atoms with van der Waals surface area (Å²) in [6.07, 6.45) is 18.9. The number of rotatable bonds is 16. The van der Waals surface area contributed by atoms with Gasteiger partial charge in [-0.3, -0.25) is 0 Å². The fourth-order valence-corrected chi connectivity index (χ4v) is 4.01. The molecule has 0 saturated heterocycles. The number of nitrogens with zero attached hydrogens (tertiary/aromatic N) is 2. The molecule has 0 aliphatic rings. The quantitative estimate of drug-likeness (QED) is 0.196. The highest BCUT2D eigenvalue weighted by molar-refractivity contribution is 5.60. The van der Waals surface area contributed by atoms with Gasteiger partial charge in [-0.05, 0) is 42.7 Å². The predicted molar refractivity (Wildman–Crippen MR) is 133 cm³/mol. The Kier molecular flexibility index (Phi) is 12.7. The zero-order chi connectivity index (χ0) is 22.9. The van der Waals surface area contributed by atoms with Gasteiger partial charge in [-0.2, -0.15) is 5.26 Å². The minimum absolute atomic E-state index is 0.348. The van der Waals surface area contributed by atoms with Crippen LogP contribution < -0.4 is 4.74 Å². The lowest BCUT2D eigenvalue weighted by Crippen LogP contribution is -1.90. The molecule has 32 heavy (non-hydrogen) atoms. The molecule has 0 amide bonds. The summed E-state index contributed by atoms with van der Waals surface area (Å²) in [7, 11) is 0. The van der Waals surface area contributed by atoms with Gasteiger partial charge in [0.2, 0.25) is 5.69 Å². The Bertz CT molecular complexity index is 875. The highest BCUT2D eigenvalue weighted by Gasteiger charge is 2.05. The zero-order valence-corrected chi connectivity index (χ0v) is 19.7. The van der Waals surface area contributed by atoms with Crippen LogP contribution >= 0.6 is 0 Å². The average molecular weight is 431 g/mol. The monoisotopic (exact) mass is 430 g/mol. The first-order chi connectivity index (χ1) is 15.8. The maximum absolute atomic E-state index is 9.18. The van der Waals surface area contributed by atoms with E-state index in [0.29, 0.717) is 17.0 Å². The fraction of sp³-hybridized carbons (Fsp3) is 0.517. The third-order valence-corrected chi connectivity index (χ3v) is 5.91. The lowest BCUT2D eigenvalue weighted by molar-refractivity contribution is 0.481. The van der Waals surface area contributed by atoms with Gasteiger partial charge in [0.25, 0.3) is 0 Å². The molecule has 0 aliphatic heterocycles. The van der Waals surface area contributed by atoms with E-state index in [-0.39, 0.29) is 0 Å². The van der Waals surface area contributed by atoms with Gasteiger partial charge in [-0.1, -0.05) is 102 Å². The van der Waals surface area contributed by atoms with E-state index < -0.39 is 0 Å². The highest BCUT2D eigenvalue weighted by atomic mass is 16.5. The van der Waals surface area contributed by atoms with Crippen LogP contribution in [0.3, 0.4) is 0 Å². The number of ether oxygens (including phenoxy) is 1. The van der Waals surface area contributed by atoms with Gasteiger partial charge in [-0.25, -0.2) is 4.85 Å². The fourth-order valence-electron chi connectivity index (χ4n) is 4.01. The van der Waals surface area contributed by atoms with Crippen LogP contribution in [0.1, 0.15) is 102 Å². The maximum Gasteiger partial charge on any atom is 0.204 e. The van der Waals surface area contributed by atoms with E-state index in [9.17, 15) is 5.26 Å². The van der Waals surface area contributed by atoms with Gasteiger partial charge in [0, 0.05) is 0 Å². The number of unbranched alkanes of at least 4 members (excludes halogenated alkanes) is 12. The smallest absolute Gasteiger partial charge is 0.204 e. The van der Waals surface area contributed by atoms with E-state index in [2.05, 4.69) is 30.0 Å². The Morgan fingerprint density at radius 3 is 1.97 bits per heavy atom. The average Bonchev–Trinajstić information content (AvgIpc) is 2.82. The second-order valence-electron chi connectivity index (χ2n) is 8.64. The topological polar surface area (TPSA) is 37.4 Å². The third-order valence-electron chi connectivity index (χ3n) is 5.91. The molecule has 3 heteroatoms. The molecule has 0 bridgehead atoms. The number of aryl methyl sites for hydroxylation is 1. The van der Waals surface area contributed by atoms with Crippen molar-refractivity contribution in [1.29, 1.82) is 5.26 Å². The first kappa shape index (κ1) is 25.5. The van der Waals surface area contributed by atoms with Crippen LogP contribution in [0, 0.1) is 17.9 Å².